The van der Waals surface area contributed by atoms with E-state index in [1.54, 1.807) is 54.6 Å². The third-order valence-electron chi connectivity index (χ3n) is 4.71. The van der Waals surface area contributed by atoms with E-state index in [1.165, 1.54) is 10.7 Å². The van der Waals surface area contributed by atoms with Crippen molar-refractivity contribution in [3.63, 3.8) is 0 Å². The first-order valence-electron chi connectivity index (χ1n) is 10.3. The fraction of sp³-hybridized carbons (Fsp3) is 0.160. The Morgan fingerprint density at radius 2 is 1.78 bits per heavy atom. The molecule has 0 aliphatic rings. The van der Waals surface area contributed by atoms with Crippen LogP contribution in [0.5, 0.6) is 6.01 Å². The van der Waals surface area contributed by atoms with Crippen molar-refractivity contribution < 1.29 is 13.9 Å². The Labute approximate surface area is 185 Å². The number of halogens is 1. The van der Waals surface area contributed by atoms with E-state index in [0.717, 1.165) is 5.56 Å². The van der Waals surface area contributed by atoms with E-state index in [-0.39, 0.29) is 18.0 Å². The van der Waals surface area contributed by atoms with Crippen molar-refractivity contribution in [1.29, 1.82) is 0 Å². The lowest BCUT2D eigenvalue weighted by atomic mass is 10.1. The zero-order chi connectivity index (χ0) is 22.7. The first-order valence-corrected chi connectivity index (χ1v) is 10.3. The van der Waals surface area contributed by atoms with Crippen LogP contribution in [0.4, 0.5) is 10.1 Å². The van der Waals surface area contributed by atoms with Crippen molar-refractivity contribution in [2.75, 3.05) is 5.32 Å². The molecule has 0 bridgehead atoms. The molecule has 1 heterocycles. The molecule has 6 nitrogen and oxygen atoms in total. The zero-order valence-electron chi connectivity index (χ0n) is 18.0. The van der Waals surface area contributed by atoms with Crippen LogP contribution >= 0.6 is 0 Å². The number of ether oxygens (including phenoxy) is 1. The SMILES string of the molecule is Cc1ccc(C(=O)Nc2cccc(-n3nc(OC(C)C)nc3-c3ccccc3F)c2)cc1. The van der Waals surface area contributed by atoms with Gasteiger partial charge in [-0.1, -0.05) is 35.9 Å². The number of amides is 1. The van der Waals surface area contributed by atoms with Gasteiger partial charge in [0.2, 0.25) is 0 Å². The monoisotopic (exact) mass is 430 g/mol. The van der Waals surface area contributed by atoms with Gasteiger partial charge in [-0.25, -0.2) is 9.07 Å². The number of aryl methyl sites for hydroxylation is 1. The van der Waals surface area contributed by atoms with Gasteiger partial charge in [-0.05, 0) is 63.2 Å². The molecule has 0 aliphatic carbocycles. The molecule has 0 saturated carbocycles. The number of hydrogen-bond donors (Lipinski definition) is 1. The number of benzene rings is 3. The van der Waals surface area contributed by atoms with Crippen molar-refractivity contribution in [2.24, 2.45) is 0 Å². The maximum absolute atomic E-state index is 14.5. The summed E-state index contributed by atoms with van der Waals surface area (Å²) in [4.78, 5) is 17.0. The minimum absolute atomic E-state index is 0.139. The lowest BCUT2D eigenvalue weighted by molar-refractivity contribution is 0.102. The number of hydrogen-bond acceptors (Lipinski definition) is 4. The van der Waals surface area contributed by atoms with E-state index >= 15 is 0 Å². The van der Waals surface area contributed by atoms with Gasteiger partial charge in [-0.15, -0.1) is 5.10 Å². The third-order valence-corrected chi connectivity index (χ3v) is 4.71. The zero-order valence-corrected chi connectivity index (χ0v) is 18.0. The number of nitrogens with zero attached hydrogens (tertiary/aromatic N) is 3. The summed E-state index contributed by atoms with van der Waals surface area (Å²) >= 11 is 0. The summed E-state index contributed by atoms with van der Waals surface area (Å²) < 4.78 is 21.7. The first-order chi connectivity index (χ1) is 15.4. The Hall–Kier alpha value is -4.00. The van der Waals surface area contributed by atoms with Crippen molar-refractivity contribution in [2.45, 2.75) is 26.9 Å². The third kappa shape index (κ3) is 4.67. The van der Waals surface area contributed by atoms with E-state index in [1.807, 2.05) is 32.9 Å². The summed E-state index contributed by atoms with van der Waals surface area (Å²) in [5.74, 6) is -0.333. The van der Waals surface area contributed by atoms with Crippen LogP contribution in [0.25, 0.3) is 17.1 Å². The van der Waals surface area contributed by atoms with Gasteiger partial charge in [0, 0.05) is 11.3 Å². The van der Waals surface area contributed by atoms with E-state index in [4.69, 9.17) is 4.74 Å². The molecule has 32 heavy (non-hydrogen) atoms. The van der Waals surface area contributed by atoms with Crippen LogP contribution < -0.4 is 10.1 Å². The number of anilines is 1. The van der Waals surface area contributed by atoms with Crippen LogP contribution in [-0.4, -0.2) is 26.8 Å². The summed E-state index contributed by atoms with van der Waals surface area (Å²) in [7, 11) is 0. The molecule has 162 valence electrons. The second-order valence-corrected chi connectivity index (χ2v) is 7.65. The molecule has 3 aromatic carbocycles. The second kappa shape index (κ2) is 9.01. The molecule has 1 aromatic heterocycles. The molecule has 0 spiro atoms. The Morgan fingerprint density at radius 3 is 2.50 bits per heavy atom. The fourth-order valence-corrected chi connectivity index (χ4v) is 3.17. The van der Waals surface area contributed by atoms with Gasteiger partial charge in [-0.3, -0.25) is 4.79 Å². The highest BCUT2D eigenvalue weighted by Crippen LogP contribution is 2.27. The van der Waals surface area contributed by atoms with Crippen molar-refractivity contribution in [3.05, 3.63) is 89.7 Å². The van der Waals surface area contributed by atoms with Crippen LogP contribution in [0.2, 0.25) is 0 Å². The molecule has 7 heteroatoms. The number of aromatic nitrogens is 3. The van der Waals surface area contributed by atoms with Crippen molar-refractivity contribution in [3.8, 4) is 23.1 Å². The van der Waals surface area contributed by atoms with E-state index in [2.05, 4.69) is 15.4 Å². The molecule has 1 N–H and O–H groups in total. The Bertz CT molecular complexity index is 1250. The van der Waals surface area contributed by atoms with Gasteiger partial charge in [0.15, 0.2) is 5.82 Å². The van der Waals surface area contributed by atoms with E-state index < -0.39 is 5.82 Å². The highest BCUT2D eigenvalue weighted by atomic mass is 19.1. The molecule has 0 saturated heterocycles. The molecular formula is C25H23FN4O2. The van der Waals surface area contributed by atoms with Gasteiger partial charge in [0.05, 0.1) is 17.4 Å². The van der Waals surface area contributed by atoms with Gasteiger partial charge in [-0.2, -0.15) is 4.98 Å². The average Bonchev–Trinajstić information content (AvgIpc) is 3.17. The first kappa shape index (κ1) is 21.2. The van der Waals surface area contributed by atoms with Gasteiger partial charge >= 0.3 is 6.01 Å². The Morgan fingerprint density at radius 1 is 1.03 bits per heavy atom. The molecule has 4 aromatic rings. The fourth-order valence-electron chi connectivity index (χ4n) is 3.17. The Kier molecular flexibility index (Phi) is 5.98. The van der Waals surface area contributed by atoms with Gasteiger partial charge < -0.3 is 10.1 Å². The van der Waals surface area contributed by atoms with Gasteiger partial charge in [0.1, 0.15) is 5.82 Å². The van der Waals surface area contributed by atoms with E-state index in [9.17, 15) is 9.18 Å². The Balaban J connectivity index is 1.70. The number of carbonyl (C=O) groups is 1. The number of rotatable bonds is 6. The molecule has 4 rings (SSSR count). The van der Waals surface area contributed by atoms with Crippen LogP contribution in [0.1, 0.15) is 29.8 Å². The van der Waals surface area contributed by atoms with Crippen LogP contribution in [-0.2, 0) is 0 Å². The molecule has 0 fully saturated rings. The molecule has 0 radical (unpaired) electrons. The van der Waals surface area contributed by atoms with E-state index in [0.29, 0.717) is 28.3 Å². The van der Waals surface area contributed by atoms with Crippen LogP contribution in [0.15, 0.2) is 72.8 Å². The second-order valence-electron chi connectivity index (χ2n) is 7.65. The summed E-state index contributed by atoms with van der Waals surface area (Å²) in [5.41, 5.74) is 3.12. The van der Waals surface area contributed by atoms with Crippen molar-refractivity contribution in [1.82, 2.24) is 14.8 Å². The summed E-state index contributed by atoms with van der Waals surface area (Å²) in [6, 6.07) is 21.0. The molecule has 0 aliphatic heterocycles. The maximum Gasteiger partial charge on any atom is 0.336 e. The predicted molar refractivity (Wildman–Crippen MR) is 122 cm³/mol. The van der Waals surface area contributed by atoms with Crippen LogP contribution in [0.3, 0.4) is 0 Å². The molecule has 0 unspecified atom stereocenters. The summed E-state index contributed by atoms with van der Waals surface area (Å²) in [6.45, 7) is 5.70. The smallest absolute Gasteiger partial charge is 0.336 e. The molecule has 0 atom stereocenters. The quantitative estimate of drug-likeness (QED) is 0.443. The van der Waals surface area contributed by atoms with Gasteiger partial charge in [0.25, 0.3) is 5.91 Å². The normalized spacial score (nSPS) is 10.9. The maximum atomic E-state index is 14.5. The van der Waals surface area contributed by atoms with Crippen LogP contribution in [0, 0.1) is 12.7 Å². The largest absolute Gasteiger partial charge is 0.460 e. The minimum Gasteiger partial charge on any atom is -0.460 e. The highest BCUT2D eigenvalue weighted by Gasteiger charge is 2.18. The topological polar surface area (TPSA) is 69.0 Å². The lowest BCUT2D eigenvalue weighted by Gasteiger charge is -2.10. The standard InChI is InChI=1S/C25H23FN4O2/c1-16(2)32-25-28-23(21-9-4-5-10-22(21)26)30(29-25)20-8-6-7-19(15-20)27-24(31)18-13-11-17(3)12-14-18/h4-16H,1-3H3,(H,27,31). The van der Waals surface area contributed by atoms with Crippen molar-refractivity contribution >= 4 is 11.6 Å². The predicted octanol–water partition coefficient (Wildman–Crippen LogP) is 5.42. The molecular weight excluding hydrogens is 407 g/mol. The number of carbonyl (C=O) groups excluding carboxylic acids is 1. The lowest BCUT2D eigenvalue weighted by Crippen LogP contribution is -2.12. The summed E-state index contributed by atoms with van der Waals surface area (Å²) in [5, 5.41) is 7.32. The molecule has 1 amide bonds. The minimum atomic E-state index is -0.416. The average molecular weight is 430 g/mol. The number of nitrogens with one attached hydrogen (secondary N) is 1. The highest BCUT2D eigenvalue weighted by molar-refractivity contribution is 6.04. The summed E-state index contributed by atoms with van der Waals surface area (Å²) in [6.07, 6.45) is -0.139.